The van der Waals surface area contributed by atoms with Gasteiger partial charge in [0, 0.05) is 36.8 Å². The number of carbonyl (C=O) groups is 2. The molecule has 2 aliphatic rings. The Bertz CT molecular complexity index is 1180. The number of halogens is 2. The van der Waals surface area contributed by atoms with Crippen molar-refractivity contribution in [3.63, 3.8) is 0 Å². The minimum atomic E-state index is -4.06. The smallest absolute Gasteiger partial charge is 0.256 e. The lowest BCUT2D eigenvalue weighted by molar-refractivity contribution is 0.0794. The van der Waals surface area contributed by atoms with E-state index >= 15 is 0 Å². The molecule has 10 heteroatoms. The minimum absolute atomic E-state index is 0.0264. The third kappa shape index (κ3) is 5.05. The van der Waals surface area contributed by atoms with E-state index < -0.39 is 26.6 Å². The Morgan fingerprint density at radius 3 is 2.27 bits per heavy atom. The van der Waals surface area contributed by atoms with Crippen LogP contribution in [0.2, 0.25) is 5.02 Å². The van der Waals surface area contributed by atoms with Crippen molar-refractivity contribution in [2.24, 2.45) is 0 Å². The van der Waals surface area contributed by atoms with Crippen LogP contribution in [0.4, 0.5) is 10.1 Å². The van der Waals surface area contributed by atoms with Gasteiger partial charge < -0.3 is 10.2 Å². The number of piperidine rings is 1. The molecule has 0 aliphatic carbocycles. The number of amides is 2. The quantitative estimate of drug-likeness (QED) is 0.678. The Kier molecular flexibility index (Phi) is 7.02. The lowest BCUT2D eigenvalue weighted by Crippen LogP contribution is -2.36. The van der Waals surface area contributed by atoms with Gasteiger partial charge in [-0.1, -0.05) is 18.0 Å². The third-order valence-corrected chi connectivity index (χ3v) is 8.13. The maximum atomic E-state index is 14.5. The molecule has 1 N–H and O–H groups in total. The first-order valence-electron chi connectivity index (χ1n) is 11.0. The summed E-state index contributed by atoms with van der Waals surface area (Å²) in [6, 6.07) is 7.82. The summed E-state index contributed by atoms with van der Waals surface area (Å²) in [6.45, 7) is 1.92. The monoisotopic (exact) mass is 493 g/mol. The first kappa shape index (κ1) is 23.7. The Labute approximate surface area is 197 Å². The van der Waals surface area contributed by atoms with E-state index in [1.165, 1.54) is 22.5 Å². The summed E-state index contributed by atoms with van der Waals surface area (Å²) >= 11 is 6.09. The highest BCUT2D eigenvalue weighted by Gasteiger charge is 2.30. The van der Waals surface area contributed by atoms with Crippen LogP contribution in [-0.4, -0.2) is 55.6 Å². The van der Waals surface area contributed by atoms with E-state index in [0.717, 1.165) is 31.4 Å². The van der Waals surface area contributed by atoms with Crippen LogP contribution in [0.1, 0.15) is 52.8 Å². The summed E-state index contributed by atoms with van der Waals surface area (Å²) in [5, 5.41) is 3.01. The molecule has 0 unspecified atom stereocenters. The van der Waals surface area contributed by atoms with Crippen LogP contribution in [0.25, 0.3) is 0 Å². The summed E-state index contributed by atoms with van der Waals surface area (Å²) in [4.78, 5) is 27.1. The minimum Gasteiger partial charge on any atom is -0.339 e. The van der Waals surface area contributed by atoms with Crippen LogP contribution in [-0.2, 0) is 10.0 Å². The fourth-order valence-electron chi connectivity index (χ4n) is 4.17. The molecule has 0 aromatic heterocycles. The summed E-state index contributed by atoms with van der Waals surface area (Å²) in [5.41, 5.74) is 0.480. The molecule has 0 saturated carbocycles. The molecule has 4 rings (SSSR count). The second-order valence-electron chi connectivity index (χ2n) is 8.25. The van der Waals surface area contributed by atoms with Crippen molar-refractivity contribution < 1.29 is 22.4 Å². The normalized spacial score (nSPS) is 17.2. The molecule has 0 bridgehead atoms. The standard InChI is InChI=1S/C23H25ClFN3O4S/c24-17-7-9-20(18(15-17)23(30)27-10-4-5-11-27)26-22(29)16-6-8-19(25)21(14-16)33(31,32)28-12-2-1-3-13-28/h6-9,14-15H,1-5,10-13H2,(H,26,29). The van der Waals surface area contributed by atoms with Gasteiger partial charge in [0.1, 0.15) is 10.7 Å². The average Bonchev–Trinajstić information content (AvgIpc) is 3.35. The van der Waals surface area contributed by atoms with Gasteiger partial charge in [0.05, 0.1) is 11.3 Å². The van der Waals surface area contributed by atoms with Crippen LogP contribution in [0, 0.1) is 5.82 Å². The zero-order chi connectivity index (χ0) is 23.6. The highest BCUT2D eigenvalue weighted by Crippen LogP contribution is 2.27. The number of nitrogens with zero attached hydrogens (tertiary/aromatic N) is 2. The second-order valence-corrected chi connectivity index (χ2v) is 10.6. The van der Waals surface area contributed by atoms with Gasteiger partial charge in [-0.2, -0.15) is 4.31 Å². The van der Waals surface area contributed by atoms with Gasteiger partial charge >= 0.3 is 0 Å². The van der Waals surface area contributed by atoms with Crippen LogP contribution in [0.3, 0.4) is 0 Å². The van der Waals surface area contributed by atoms with Crippen LogP contribution in [0.15, 0.2) is 41.3 Å². The highest BCUT2D eigenvalue weighted by molar-refractivity contribution is 7.89. The number of hydrogen-bond donors (Lipinski definition) is 1. The fourth-order valence-corrected chi connectivity index (χ4v) is 5.95. The van der Waals surface area contributed by atoms with Gasteiger partial charge in [-0.15, -0.1) is 0 Å². The first-order chi connectivity index (χ1) is 15.8. The number of likely N-dealkylation sites (tertiary alicyclic amines) is 1. The summed E-state index contributed by atoms with van der Waals surface area (Å²) in [5.74, 6) is -1.80. The van der Waals surface area contributed by atoms with Crippen molar-refractivity contribution in [1.29, 1.82) is 0 Å². The molecule has 2 amide bonds. The molecule has 2 fully saturated rings. The van der Waals surface area contributed by atoms with E-state index in [0.29, 0.717) is 44.0 Å². The zero-order valence-electron chi connectivity index (χ0n) is 18.0. The summed E-state index contributed by atoms with van der Waals surface area (Å²) < 4.78 is 41.7. The van der Waals surface area contributed by atoms with Gasteiger partial charge in [-0.25, -0.2) is 12.8 Å². The maximum Gasteiger partial charge on any atom is 0.256 e. The Morgan fingerprint density at radius 1 is 0.909 bits per heavy atom. The molecule has 33 heavy (non-hydrogen) atoms. The molecule has 7 nitrogen and oxygen atoms in total. The van der Waals surface area contributed by atoms with Crippen molar-refractivity contribution in [1.82, 2.24) is 9.21 Å². The Hall–Kier alpha value is -2.49. The lowest BCUT2D eigenvalue weighted by atomic mass is 10.1. The fraction of sp³-hybridized carbons (Fsp3) is 0.391. The van der Waals surface area contributed by atoms with Gasteiger partial charge in [0.15, 0.2) is 0 Å². The summed E-state index contributed by atoms with van der Waals surface area (Å²) in [7, 11) is -4.06. The van der Waals surface area contributed by atoms with Gasteiger partial charge in [0.2, 0.25) is 10.0 Å². The Morgan fingerprint density at radius 2 is 1.58 bits per heavy atom. The van der Waals surface area contributed by atoms with Crippen LogP contribution in [0.5, 0.6) is 0 Å². The van der Waals surface area contributed by atoms with E-state index in [4.69, 9.17) is 11.6 Å². The highest BCUT2D eigenvalue weighted by atomic mass is 35.5. The molecule has 2 heterocycles. The van der Waals surface area contributed by atoms with Crippen molar-refractivity contribution in [2.45, 2.75) is 37.0 Å². The molecule has 2 aromatic rings. The average molecular weight is 494 g/mol. The zero-order valence-corrected chi connectivity index (χ0v) is 19.6. The van der Waals surface area contributed by atoms with Gasteiger partial charge in [-0.05, 0) is 62.1 Å². The van der Waals surface area contributed by atoms with Crippen molar-refractivity contribution in [3.05, 3.63) is 58.4 Å². The lowest BCUT2D eigenvalue weighted by Gasteiger charge is -2.26. The molecule has 176 valence electrons. The van der Waals surface area contributed by atoms with E-state index in [-0.39, 0.29) is 22.7 Å². The third-order valence-electron chi connectivity index (χ3n) is 5.98. The number of anilines is 1. The Balaban J connectivity index is 1.61. The molecule has 0 radical (unpaired) electrons. The van der Waals surface area contributed by atoms with E-state index in [9.17, 15) is 22.4 Å². The SMILES string of the molecule is O=C(Nc1ccc(Cl)cc1C(=O)N1CCCC1)c1ccc(F)c(S(=O)(=O)N2CCCCC2)c1. The van der Waals surface area contributed by atoms with Crippen molar-refractivity contribution in [2.75, 3.05) is 31.5 Å². The van der Waals surface area contributed by atoms with E-state index in [1.54, 1.807) is 11.0 Å². The number of rotatable bonds is 5. The second kappa shape index (κ2) is 9.79. The molecular weight excluding hydrogens is 469 g/mol. The number of benzene rings is 2. The van der Waals surface area contributed by atoms with E-state index in [2.05, 4.69) is 5.32 Å². The van der Waals surface area contributed by atoms with Crippen LogP contribution < -0.4 is 5.32 Å². The molecule has 0 spiro atoms. The molecule has 2 aromatic carbocycles. The number of nitrogens with one attached hydrogen (secondary N) is 1. The predicted molar refractivity (Wildman–Crippen MR) is 124 cm³/mol. The van der Waals surface area contributed by atoms with E-state index in [1.807, 2.05) is 0 Å². The molecule has 2 aliphatic heterocycles. The molecule has 2 saturated heterocycles. The van der Waals surface area contributed by atoms with Gasteiger partial charge in [-0.3, -0.25) is 9.59 Å². The van der Waals surface area contributed by atoms with Gasteiger partial charge in [0.25, 0.3) is 11.8 Å². The number of sulfonamides is 1. The number of carbonyl (C=O) groups excluding carboxylic acids is 2. The first-order valence-corrected chi connectivity index (χ1v) is 12.8. The summed E-state index contributed by atoms with van der Waals surface area (Å²) in [6.07, 6.45) is 4.18. The van der Waals surface area contributed by atoms with Crippen molar-refractivity contribution in [3.8, 4) is 0 Å². The largest absolute Gasteiger partial charge is 0.339 e. The number of hydrogen-bond acceptors (Lipinski definition) is 4. The topological polar surface area (TPSA) is 86.8 Å². The molecule has 0 atom stereocenters. The van der Waals surface area contributed by atoms with Crippen LogP contribution >= 0.6 is 11.6 Å². The predicted octanol–water partition coefficient (Wildman–Crippen LogP) is 4.14. The maximum absolute atomic E-state index is 14.5. The molecular formula is C23H25ClFN3O4S. The van der Waals surface area contributed by atoms with Crippen molar-refractivity contribution >= 4 is 39.1 Å².